The largest absolute Gasteiger partial charge is 0.573 e. The van der Waals surface area contributed by atoms with Gasteiger partial charge in [-0.05, 0) is 42.0 Å². The molecule has 0 fully saturated rings. The van der Waals surface area contributed by atoms with E-state index in [1.807, 2.05) is 0 Å². The quantitative estimate of drug-likeness (QED) is 0.472. The van der Waals surface area contributed by atoms with Crippen LogP contribution in [-0.4, -0.2) is 12.6 Å². The predicted molar refractivity (Wildman–Crippen MR) is 70.9 cm³/mol. The first-order valence-electron chi connectivity index (χ1n) is 6.11. The van der Waals surface area contributed by atoms with Crippen LogP contribution in [-0.2, 0) is 11.4 Å². The number of benzene rings is 2. The van der Waals surface area contributed by atoms with Crippen molar-refractivity contribution in [3.05, 3.63) is 65.5 Å². The second-order valence-electron chi connectivity index (χ2n) is 4.18. The third-order valence-electron chi connectivity index (χ3n) is 2.45. The van der Waals surface area contributed by atoms with E-state index in [4.69, 9.17) is 4.84 Å². The fourth-order valence-electron chi connectivity index (χ4n) is 1.55. The van der Waals surface area contributed by atoms with E-state index in [9.17, 15) is 17.6 Å². The number of alkyl halides is 3. The first kappa shape index (κ1) is 15.8. The van der Waals surface area contributed by atoms with E-state index in [1.54, 1.807) is 6.07 Å². The molecular formula is C15H10F4NO2. The van der Waals surface area contributed by atoms with Crippen LogP contribution in [0, 0.1) is 5.82 Å². The molecule has 0 unspecified atom stereocenters. The molecule has 0 heterocycles. The third kappa shape index (κ3) is 5.43. The summed E-state index contributed by atoms with van der Waals surface area (Å²) in [5, 5.41) is 3.54. The Bertz CT molecular complexity index is 639. The van der Waals surface area contributed by atoms with Crippen LogP contribution < -0.4 is 4.74 Å². The Labute approximate surface area is 123 Å². The topological polar surface area (TPSA) is 30.8 Å². The number of halogens is 4. The Hall–Kier alpha value is -2.57. The fourth-order valence-corrected chi connectivity index (χ4v) is 1.55. The van der Waals surface area contributed by atoms with E-state index in [-0.39, 0.29) is 18.2 Å². The molecule has 22 heavy (non-hydrogen) atoms. The SMILES string of the molecule is Fc1ccc(/[C]=N\OCc2cccc(OC(F)(F)F)c2)cc1. The van der Waals surface area contributed by atoms with Gasteiger partial charge in [0, 0.05) is 5.56 Å². The van der Waals surface area contributed by atoms with Crippen LogP contribution in [0.25, 0.3) is 0 Å². The zero-order valence-electron chi connectivity index (χ0n) is 11.1. The molecule has 115 valence electrons. The van der Waals surface area contributed by atoms with E-state index < -0.39 is 6.36 Å². The summed E-state index contributed by atoms with van der Waals surface area (Å²) < 4.78 is 52.7. The summed E-state index contributed by atoms with van der Waals surface area (Å²) in [6.45, 7) is -0.0523. The highest BCUT2D eigenvalue weighted by Gasteiger charge is 2.31. The first-order chi connectivity index (χ1) is 10.4. The van der Waals surface area contributed by atoms with Crippen molar-refractivity contribution in [2.75, 3.05) is 0 Å². The van der Waals surface area contributed by atoms with Gasteiger partial charge in [0.2, 0.25) is 0 Å². The summed E-state index contributed by atoms with van der Waals surface area (Å²) in [7, 11) is 0. The van der Waals surface area contributed by atoms with Gasteiger partial charge in [-0.1, -0.05) is 17.3 Å². The Morgan fingerprint density at radius 2 is 1.77 bits per heavy atom. The average molecular weight is 312 g/mol. The highest BCUT2D eigenvalue weighted by atomic mass is 19.4. The maximum atomic E-state index is 12.7. The molecule has 0 spiro atoms. The highest BCUT2D eigenvalue weighted by molar-refractivity contribution is 5.78. The molecule has 0 atom stereocenters. The van der Waals surface area contributed by atoms with E-state index in [0.29, 0.717) is 11.1 Å². The molecule has 2 aromatic carbocycles. The number of rotatable bonds is 5. The summed E-state index contributed by atoms with van der Waals surface area (Å²) in [4.78, 5) is 4.92. The normalized spacial score (nSPS) is 11.6. The van der Waals surface area contributed by atoms with Gasteiger partial charge in [0.25, 0.3) is 0 Å². The molecule has 0 saturated carbocycles. The fraction of sp³-hybridized carbons (Fsp3) is 0.133. The Morgan fingerprint density at radius 3 is 2.45 bits per heavy atom. The maximum Gasteiger partial charge on any atom is 0.573 e. The smallest absolute Gasteiger partial charge is 0.406 e. The van der Waals surface area contributed by atoms with Crippen molar-refractivity contribution in [1.29, 1.82) is 0 Å². The van der Waals surface area contributed by atoms with Crippen LogP contribution in [0.5, 0.6) is 5.75 Å². The van der Waals surface area contributed by atoms with Crippen LogP contribution in [0.3, 0.4) is 0 Å². The van der Waals surface area contributed by atoms with Crippen molar-refractivity contribution >= 4 is 6.21 Å². The van der Waals surface area contributed by atoms with Gasteiger partial charge in [-0.2, -0.15) is 0 Å². The summed E-state index contributed by atoms with van der Waals surface area (Å²) in [6, 6.07) is 10.8. The van der Waals surface area contributed by atoms with Gasteiger partial charge in [-0.15, -0.1) is 13.2 Å². The minimum absolute atomic E-state index is 0.0523. The van der Waals surface area contributed by atoms with Gasteiger partial charge < -0.3 is 9.57 Å². The third-order valence-corrected chi connectivity index (χ3v) is 2.45. The molecule has 0 N–H and O–H groups in total. The summed E-state index contributed by atoms with van der Waals surface area (Å²) >= 11 is 0. The minimum atomic E-state index is -4.74. The monoisotopic (exact) mass is 312 g/mol. The van der Waals surface area contributed by atoms with Crippen molar-refractivity contribution in [3.8, 4) is 5.75 Å². The molecule has 0 aromatic heterocycles. The molecule has 2 aromatic rings. The van der Waals surface area contributed by atoms with E-state index in [0.717, 1.165) is 0 Å². The van der Waals surface area contributed by atoms with Gasteiger partial charge in [-0.25, -0.2) is 4.39 Å². The summed E-state index contributed by atoms with van der Waals surface area (Å²) in [5.74, 6) is -0.715. The van der Waals surface area contributed by atoms with Crippen LogP contribution >= 0.6 is 0 Å². The average Bonchev–Trinajstić information content (AvgIpc) is 2.44. The number of ether oxygens (including phenoxy) is 1. The Balaban J connectivity index is 1.89. The first-order valence-corrected chi connectivity index (χ1v) is 6.11. The lowest BCUT2D eigenvalue weighted by Crippen LogP contribution is -2.17. The standard InChI is InChI=1S/C15H10F4NO2/c16-13-6-4-11(5-7-13)9-20-21-10-12-2-1-3-14(8-12)22-15(17,18)19/h1-8H,10H2. The lowest BCUT2D eigenvalue weighted by atomic mass is 10.2. The second-order valence-corrected chi connectivity index (χ2v) is 4.18. The summed E-state index contributed by atoms with van der Waals surface area (Å²) in [6.07, 6.45) is -2.22. The number of nitrogens with zero attached hydrogens (tertiary/aromatic N) is 1. The van der Waals surface area contributed by atoms with Gasteiger partial charge in [0.05, 0.1) is 0 Å². The van der Waals surface area contributed by atoms with Crippen molar-refractivity contribution < 1.29 is 27.1 Å². The molecule has 7 heteroatoms. The molecule has 0 aliphatic rings. The molecule has 3 nitrogen and oxygen atoms in total. The molecule has 0 aliphatic carbocycles. The van der Waals surface area contributed by atoms with Crippen LogP contribution in [0.2, 0.25) is 0 Å². The second kappa shape index (κ2) is 6.93. The van der Waals surface area contributed by atoms with E-state index >= 15 is 0 Å². The van der Waals surface area contributed by atoms with Crippen molar-refractivity contribution in [3.63, 3.8) is 0 Å². The minimum Gasteiger partial charge on any atom is -0.406 e. The lowest BCUT2D eigenvalue weighted by Gasteiger charge is -2.09. The zero-order chi connectivity index (χ0) is 16.0. The van der Waals surface area contributed by atoms with Crippen LogP contribution in [0.15, 0.2) is 53.7 Å². The van der Waals surface area contributed by atoms with Gasteiger partial charge in [0.15, 0.2) is 0 Å². The zero-order valence-corrected chi connectivity index (χ0v) is 11.1. The molecule has 1 radical (unpaired) electrons. The molecular weight excluding hydrogens is 302 g/mol. The molecule has 0 bridgehead atoms. The van der Waals surface area contributed by atoms with Gasteiger partial charge in [-0.3, -0.25) is 0 Å². The number of hydrogen-bond acceptors (Lipinski definition) is 3. The molecule has 0 amide bonds. The Kier molecular flexibility index (Phi) is 4.98. The van der Waals surface area contributed by atoms with Crippen molar-refractivity contribution in [1.82, 2.24) is 0 Å². The van der Waals surface area contributed by atoms with Crippen molar-refractivity contribution in [2.24, 2.45) is 5.16 Å². The predicted octanol–water partition coefficient (Wildman–Crippen LogP) is 4.15. The maximum absolute atomic E-state index is 12.7. The van der Waals surface area contributed by atoms with Crippen LogP contribution in [0.1, 0.15) is 11.1 Å². The molecule has 2 rings (SSSR count). The lowest BCUT2D eigenvalue weighted by molar-refractivity contribution is -0.274. The number of hydrogen-bond donors (Lipinski definition) is 0. The van der Waals surface area contributed by atoms with Crippen LogP contribution in [0.4, 0.5) is 17.6 Å². The highest BCUT2D eigenvalue weighted by Crippen LogP contribution is 2.23. The van der Waals surface area contributed by atoms with Gasteiger partial charge >= 0.3 is 6.36 Å². The molecule has 0 saturated heterocycles. The van der Waals surface area contributed by atoms with E-state index in [2.05, 4.69) is 16.1 Å². The summed E-state index contributed by atoms with van der Waals surface area (Å²) in [5.41, 5.74) is 0.960. The van der Waals surface area contributed by atoms with E-state index in [1.165, 1.54) is 42.5 Å². The van der Waals surface area contributed by atoms with Gasteiger partial charge in [0.1, 0.15) is 24.4 Å². The van der Waals surface area contributed by atoms with Crippen molar-refractivity contribution in [2.45, 2.75) is 13.0 Å². The Morgan fingerprint density at radius 1 is 1.05 bits per heavy atom. The molecule has 0 aliphatic heterocycles.